The number of carbonyl (C=O) groups excluding carboxylic acids is 1. The van der Waals surface area contributed by atoms with E-state index in [1.165, 1.54) is 39.3 Å². The minimum Gasteiger partial charge on any atom is -0.345 e. The van der Waals surface area contributed by atoms with Crippen LogP contribution in [0.4, 0.5) is 0 Å². The van der Waals surface area contributed by atoms with E-state index in [0.717, 1.165) is 36.5 Å². The van der Waals surface area contributed by atoms with Crippen molar-refractivity contribution in [3.63, 3.8) is 0 Å². The van der Waals surface area contributed by atoms with Crippen molar-refractivity contribution in [2.24, 2.45) is 0 Å². The SMILES string of the molecule is CCc1cccc(CC)c1-n1c(CNC(=O)c2ccc(S(=O)(=O)N3CCCC3)cc2)nnc1SC. The Morgan fingerprint density at radius 1 is 1.00 bits per heavy atom. The predicted octanol–water partition coefficient (Wildman–Crippen LogP) is 3.83. The molecule has 186 valence electrons. The Balaban J connectivity index is 1.54. The molecule has 1 aromatic heterocycles. The van der Waals surface area contributed by atoms with E-state index in [1.54, 1.807) is 12.1 Å². The van der Waals surface area contributed by atoms with E-state index in [0.29, 0.717) is 24.5 Å². The normalized spacial score (nSPS) is 14.4. The number of amides is 1. The smallest absolute Gasteiger partial charge is 0.251 e. The fourth-order valence-corrected chi connectivity index (χ4v) is 6.41. The number of sulfonamides is 1. The molecule has 0 bridgehead atoms. The molecule has 1 N–H and O–H groups in total. The van der Waals surface area contributed by atoms with Crippen molar-refractivity contribution in [1.29, 1.82) is 0 Å². The summed E-state index contributed by atoms with van der Waals surface area (Å²) in [7, 11) is -3.51. The van der Waals surface area contributed by atoms with Crippen molar-refractivity contribution in [3.05, 3.63) is 65.0 Å². The van der Waals surface area contributed by atoms with Crippen LogP contribution in [-0.4, -0.2) is 52.7 Å². The van der Waals surface area contributed by atoms with Crippen LogP contribution in [0.3, 0.4) is 0 Å². The van der Waals surface area contributed by atoms with Gasteiger partial charge in [0.05, 0.1) is 17.1 Å². The molecule has 1 fully saturated rings. The average Bonchev–Trinajstić information content (AvgIpc) is 3.57. The highest BCUT2D eigenvalue weighted by atomic mass is 32.2. The average molecular weight is 514 g/mol. The van der Waals surface area contributed by atoms with Crippen molar-refractivity contribution in [3.8, 4) is 5.69 Å². The number of aromatic nitrogens is 3. The van der Waals surface area contributed by atoms with Crippen LogP contribution in [0, 0.1) is 0 Å². The lowest BCUT2D eigenvalue weighted by molar-refractivity contribution is 0.0949. The molecule has 10 heteroatoms. The Kier molecular flexibility index (Phi) is 7.93. The first-order chi connectivity index (χ1) is 16.9. The number of aryl methyl sites for hydroxylation is 2. The minimum atomic E-state index is -3.51. The standard InChI is InChI=1S/C25H31N5O3S2/c1-4-18-9-8-10-19(5-2)23(18)30-22(27-28-25(30)34-3)17-26-24(31)20-11-13-21(14-12-20)35(32,33)29-15-6-7-16-29/h8-14H,4-7,15-17H2,1-3H3,(H,26,31). The maximum absolute atomic E-state index is 12.9. The van der Waals surface area contributed by atoms with Crippen molar-refractivity contribution in [2.75, 3.05) is 19.3 Å². The van der Waals surface area contributed by atoms with Crippen LogP contribution in [-0.2, 0) is 29.4 Å². The van der Waals surface area contributed by atoms with Gasteiger partial charge in [-0.2, -0.15) is 4.31 Å². The first-order valence-corrected chi connectivity index (χ1v) is 14.5. The highest BCUT2D eigenvalue weighted by Crippen LogP contribution is 2.27. The fourth-order valence-electron chi connectivity index (χ4n) is 4.39. The van der Waals surface area contributed by atoms with Crippen LogP contribution in [0.1, 0.15) is 54.0 Å². The lowest BCUT2D eigenvalue weighted by Gasteiger charge is -2.17. The number of hydrogen-bond acceptors (Lipinski definition) is 6. The monoisotopic (exact) mass is 513 g/mol. The maximum atomic E-state index is 12.9. The van der Waals surface area contributed by atoms with Gasteiger partial charge in [-0.15, -0.1) is 10.2 Å². The van der Waals surface area contributed by atoms with Gasteiger partial charge < -0.3 is 5.32 Å². The van der Waals surface area contributed by atoms with Crippen molar-refractivity contribution in [1.82, 2.24) is 24.4 Å². The molecule has 35 heavy (non-hydrogen) atoms. The summed E-state index contributed by atoms with van der Waals surface area (Å²) in [6.45, 7) is 5.53. The van der Waals surface area contributed by atoms with Crippen LogP contribution in [0.25, 0.3) is 5.69 Å². The largest absolute Gasteiger partial charge is 0.345 e. The number of nitrogens with one attached hydrogen (secondary N) is 1. The van der Waals surface area contributed by atoms with Crippen LogP contribution in [0.15, 0.2) is 52.5 Å². The highest BCUT2D eigenvalue weighted by Gasteiger charge is 2.27. The highest BCUT2D eigenvalue weighted by molar-refractivity contribution is 7.98. The van der Waals surface area contributed by atoms with E-state index >= 15 is 0 Å². The molecular weight excluding hydrogens is 482 g/mol. The Morgan fingerprint density at radius 3 is 2.20 bits per heavy atom. The molecule has 0 atom stereocenters. The molecule has 0 unspecified atom stereocenters. The lowest BCUT2D eigenvalue weighted by atomic mass is 10.0. The molecule has 0 aliphatic carbocycles. The number of benzene rings is 2. The summed E-state index contributed by atoms with van der Waals surface area (Å²) in [5.74, 6) is 0.349. The Morgan fingerprint density at radius 2 is 1.63 bits per heavy atom. The van der Waals surface area contributed by atoms with Gasteiger partial charge in [-0.25, -0.2) is 8.42 Å². The van der Waals surface area contributed by atoms with Gasteiger partial charge in [-0.1, -0.05) is 43.8 Å². The van der Waals surface area contributed by atoms with Crippen LogP contribution in [0.2, 0.25) is 0 Å². The number of rotatable bonds is 9. The molecular formula is C25H31N5O3S2. The Labute approximate surface area is 211 Å². The van der Waals surface area contributed by atoms with E-state index in [-0.39, 0.29) is 17.3 Å². The second-order valence-electron chi connectivity index (χ2n) is 8.39. The number of thioether (sulfide) groups is 1. The van der Waals surface area contributed by atoms with E-state index in [2.05, 4.69) is 47.6 Å². The summed E-state index contributed by atoms with van der Waals surface area (Å²) in [6.07, 6.45) is 5.46. The van der Waals surface area contributed by atoms with Crippen molar-refractivity contribution in [2.45, 2.75) is 56.1 Å². The molecule has 0 radical (unpaired) electrons. The van der Waals surface area contributed by atoms with Gasteiger partial charge in [0.15, 0.2) is 11.0 Å². The lowest BCUT2D eigenvalue weighted by Crippen LogP contribution is -2.28. The van der Waals surface area contributed by atoms with Gasteiger partial charge in [0.2, 0.25) is 10.0 Å². The summed E-state index contributed by atoms with van der Waals surface area (Å²) >= 11 is 1.51. The van der Waals surface area contributed by atoms with Gasteiger partial charge in [-0.3, -0.25) is 9.36 Å². The van der Waals surface area contributed by atoms with Gasteiger partial charge in [0, 0.05) is 18.7 Å². The molecule has 4 rings (SSSR count). The maximum Gasteiger partial charge on any atom is 0.251 e. The van der Waals surface area contributed by atoms with Crippen LogP contribution >= 0.6 is 11.8 Å². The first-order valence-electron chi connectivity index (χ1n) is 11.9. The van der Waals surface area contributed by atoms with Gasteiger partial charge in [-0.05, 0) is 67.3 Å². The zero-order chi connectivity index (χ0) is 25.0. The molecule has 1 aliphatic rings. The molecule has 2 aromatic carbocycles. The summed E-state index contributed by atoms with van der Waals surface area (Å²) < 4.78 is 29.0. The van der Waals surface area contributed by atoms with E-state index in [9.17, 15) is 13.2 Å². The molecule has 1 saturated heterocycles. The molecule has 0 spiro atoms. The van der Waals surface area contributed by atoms with Crippen LogP contribution in [0.5, 0.6) is 0 Å². The number of hydrogen-bond donors (Lipinski definition) is 1. The predicted molar refractivity (Wildman–Crippen MR) is 138 cm³/mol. The second kappa shape index (κ2) is 10.9. The number of carbonyl (C=O) groups is 1. The summed E-state index contributed by atoms with van der Waals surface area (Å²) in [6, 6.07) is 12.4. The molecule has 1 aliphatic heterocycles. The van der Waals surface area contributed by atoms with Crippen molar-refractivity contribution < 1.29 is 13.2 Å². The second-order valence-corrected chi connectivity index (χ2v) is 11.1. The summed E-state index contributed by atoms with van der Waals surface area (Å²) in [5, 5.41) is 12.4. The molecule has 2 heterocycles. The molecule has 3 aromatic rings. The third-order valence-electron chi connectivity index (χ3n) is 6.30. The van der Waals surface area contributed by atoms with Crippen LogP contribution < -0.4 is 5.32 Å². The zero-order valence-electron chi connectivity index (χ0n) is 20.3. The summed E-state index contributed by atoms with van der Waals surface area (Å²) in [5.41, 5.74) is 3.86. The van der Waals surface area contributed by atoms with Gasteiger partial charge >= 0.3 is 0 Å². The number of para-hydroxylation sites is 1. The van der Waals surface area contributed by atoms with Gasteiger partial charge in [0.1, 0.15) is 0 Å². The summed E-state index contributed by atoms with van der Waals surface area (Å²) in [4.78, 5) is 13.1. The topological polar surface area (TPSA) is 97.2 Å². The number of nitrogens with zero attached hydrogens (tertiary/aromatic N) is 4. The van der Waals surface area contributed by atoms with Crippen molar-refractivity contribution >= 4 is 27.7 Å². The van der Waals surface area contributed by atoms with E-state index in [4.69, 9.17) is 0 Å². The third-order valence-corrected chi connectivity index (χ3v) is 8.84. The minimum absolute atomic E-state index is 0.196. The molecule has 0 saturated carbocycles. The van der Waals surface area contributed by atoms with E-state index < -0.39 is 10.0 Å². The third kappa shape index (κ3) is 5.14. The zero-order valence-corrected chi connectivity index (χ0v) is 22.0. The van der Waals surface area contributed by atoms with E-state index in [1.807, 2.05) is 10.8 Å². The Hall–Kier alpha value is -2.69. The fraction of sp³-hybridized carbons (Fsp3) is 0.400. The Bertz CT molecular complexity index is 1270. The molecule has 1 amide bonds. The quantitative estimate of drug-likeness (QED) is 0.437. The molecule has 8 nitrogen and oxygen atoms in total. The van der Waals surface area contributed by atoms with Gasteiger partial charge in [0.25, 0.3) is 5.91 Å². The first kappa shape index (κ1) is 25.4.